The Morgan fingerprint density at radius 2 is 1.63 bits per heavy atom. The number of carbonyl (C=O) groups is 2. The van der Waals surface area contributed by atoms with Crippen molar-refractivity contribution in [2.75, 3.05) is 24.2 Å². The summed E-state index contributed by atoms with van der Waals surface area (Å²) in [6, 6.07) is 21.6. The highest BCUT2D eigenvalue weighted by molar-refractivity contribution is 7.92. The number of carbonyl (C=O) groups excluding carboxylic acids is 2. The van der Waals surface area contributed by atoms with E-state index < -0.39 is 21.9 Å². The van der Waals surface area contributed by atoms with E-state index in [2.05, 4.69) is 5.32 Å². The van der Waals surface area contributed by atoms with Crippen LogP contribution in [-0.4, -0.2) is 57.1 Å². The third kappa shape index (κ3) is 8.79. The second-order valence-corrected chi connectivity index (χ2v) is 12.8. The van der Waals surface area contributed by atoms with Crippen LogP contribution >= 0.6 is 0 Å². The number of methoxy groups -OCH3 is 1. The fourth-order valence-electron chi connectivity index (χ4n) is 5.55. The molecular formula is C33H40FN3O5S. The molecule has 1 aliphatic rings. The number of anilines is 1. The molecule has 0 saturated heterocycles. The molecule has 0 radical (unpaired) electrons. The molecule has 0 aromatic heterocycles. The number of halogens is 1. The fourth-order valence-corrected chi connectivity index (χ4v) is 6.52. The molecule has 3 aromatic carbocycles. The summed E-state index contributed by atoms with van der Waals surface area (Å²) in [5, 5.41) is 3.14. The monoisotopic (exact) mass is 609 g/mol. The van der Waals surface area contributed by atoms with E-state index in [4.69, 9.17) is 4.74 Å². The van der Waals surface area contributed by atoms with Crippen LogP contribution in [0.4, 0.5) is 10.1 Å². The summed E-state index contributed by atoms with van der Waals surface area (Å²) in [7, 11) is -2.23. The van der Waals surface area contributed by atoms with Gasteiger partial charge in [0.1, 0.15) is 17.6 Å². The Labute approximate surface area is 253 Å². The van der Waals surface area contributed by atoms with Crippen LogP contribution in [0.2, 0.25) is 0 Å². The van der Waals surface area contributed by atoms with Gasteiger partial charge in [-0.25, -0.2) is 12.8 Å². The zero-order chi connectivity index (χ0) is 30.8. The van der Waals surface area contributed by atoms with Gasteiger partial charge in [-0.15, -0.1) is 0 Å². The van der Waals surface area contributed by atoms with Crippen molar-refractivity contribution in [3.05, 3.63) is 95.8 Å². The van der Waals surface area contributed by atoms with Crippen molar-refractivity contribution in [3.63, 3.8) is 0 Å². The number of rotatable bonds is 14. The maximum atomic E-state index is 14.9. The number of sulfonamides is 1. The summed E-state index contributed by atoms with van der Waals surface area (Å²) in [6.07, 6.45) is 5.35. The number of amides is 2. The third-order valence-corrected chi connectivity index (χ3v) is 8.96. The molecule has 0 unspecified atom stereocenters. The molecule has 0 aliphatic heterocycles. The van der Waals surface area contributed by atoms with Gasteiger partial charge >= 0.3 is 0 Å². The second-order valence-electron chi connectivity index (χ2n) is 10.9. The molecule has 8 nitrogen and oxygen atoms in total. The van der Waals surface area contributed by atoms with E-state index in [-0.39, 0.29) is 50.2 Å². The highest BCUT2D eigenvalue weighted by Gasteiger charge is 2.33. The number of hydrogen-bond donors (Lipinski definition) is 1. The molecule has 43 heavy (non-hydrogen) atoms. The largest absolute Gasteiger partial charge is 0.495 e. The van der Waals surface area contributed by atoms with Gasteiger partial charge in [0.15, 0.2) is 0 Å². The van der Waals surface area contributed by atoms with Gasteiger partial charge in [-0.05, 0) is 43.0 Å². The van der Waals surface area contributed by atoms with Gasteiger partial charge in [0.2, 0.25) is 21.8 Å². The molecule has 10 heteroatoms. The van der Waals surface area contributed by atoms with Crippen molar-refractivity contribution in [3.8, 4) is 5.75 Å². The SMILES string of the molecule is COc1ccccc1N(CCCC(=O)N(Cc1ccccc1F)[C@@H](Cc1ccccc1)C(=O)NC1CCCC1)S(C)(=O)=O. The molecule has 3 aromatic rings. The minimum absolute atomic E-state index is 0.0239. The van der Waals surface area contributed by atoms with Crippen molar-refractivity contribution in [2.24, 2.45) is 0 Å². The summed E-state index contributed by atoms with van der Waals surface area (Å²) in [4.78, 5) is 29.2. The number of nitrogens with one attached hydrogen (secondary N) is 1. The van der Waals surface area contributed by atoms with Crippen LogP contribution in [0.5, 0.6) is 5.75 Å². The average molecular weight is 610 g/mol. The molecule has 1 N–H and O–H groups in total. The first kappa shape index (κ1) is 32.0. The first-order chi connectivity index (χ1) is 20.7. The fraction of sp³-hybridized carbons (Fsp3) is 0.394. The van der Waals surface area contributed by atoms with Gasteiger partial charge in [0, 0.05) is 37.5 Å². The van der Waals surface area contributed by atoms with Gasteiger partial charge < -0.3 is 15.0 Å². The van der Waals surface area contributed by atoms with Gasteiger partial charge in [0.25, 0.3) is 0 Å². The standard InChI is InChI=1S/C33H40FN3O5S/c1-42-31-20-11-10-19-29(31)37(43(2,40)41)22-12-21-32(38)36(24-26-15-6-9-18-28(26)34)30(23-25-13-4-3-5-14-25)33(39)35-27-16-7-8-17-27/h3-6,9-11,13-15,18-20,27,30H,7-8,12,16-17,21-24H2,1-2H3,(H,35,39)/t30-/m0/s1. The lowest BCUT2D eigenvalue weighted by Gasteiger charge is -2.33. The lowest BCUT2D eigenvalue weighted by Crippen LogP contribution is -2.52. The van der Waals surface area contributed by atoms with Crippen molar-refractivity contribution < 1.29 is 27.1 Å². The van der Waals surface area contributed by atoms with Crippen LogP contribution in [0.1, 0.15) is 49.7 Å². The minimum atomic E-state index is -3.69. The molecule has 230 valence electrons. The maximum absolute atomic E-state index is 14.9. The van der Waals surface area contributed by atoms with Gasteiger partial charge in [-0.2, -0.15) is 0 Å². The van der Waals surface area contributed by atoms with E-state index in [9.17, 15) is 22.4 Å². The molecule has 1 fully saturated rings. The first-order valence-electron chi connectivity index (χ1n) is 14.6. The summed E-state index contributed by atoms with van der Waals surface area (Å²) in [5.74, 6) is -0.701. The lowest BCUT2D eigenvalue weighted by atomic mass is 10.0. The van der Waals surface area contributed by atoms with E-state index in [1.54, 1.807) is 42.5 Å². The zero-order valence-corrected chi connectivity index (χ0v) is 25.6. The molecule has 0 bridgehead atoms. The van der Waals surface area contributed by atoms with Gasteiger partial charge in [-0.1, -0.05) is 73.5 Å². The van der Waals surface area contributed by atoms with Crippen LogP contribution in [0, 0.1) is 5.82 Å². The first-order valence-corrected chi connectivity index (χ1v) is 16.5. The summed E-state index contributed by atoms with van der Waals surface area (Å²) in [6.45, 7) is -0.0699. The van der Waals surface area contributed by atoms with E-state index in [0.717, 1.165) is 37.5 Å². The molecule has 1 aliphatic carbocycles. The van der Waals surface area contributed by atoms with Crippen LogP contribution in [-0.2, 0) is 32.6 Å². The summed E-state index contributed by atoms with van der Waals surface area (Å²) >= 11 is 0. The maximum Gasteiger partial charge on any atom is 0.243 e. The van der Waals surface area contributed by atoms with Crippen LogP contribution in [0.15, 0.2) is 78.9 Å². The highest BCUT2D eigenvalue weighted by Crippen LogP contribution is 2.30. The summed E-state index contributed by atoms with van der Waals surface area (Å²) in [5.41, 5.74) is 1.55. The quantitative estimate of drug-likeness (QED) is 0.275. The Kier molecular flexibility index (Phi) is 11.2. The van der Waals surface area contributed by atoms with Crippen molar-refractivity contribution >= 4 is 27.5 Å². The van der Waals surface area contributed by atoms with E-state index in [1.807, 2.05) is 30.3 Å². The number of ether oxygens (including phenoxy) is 1. The molecule has 2 amide bonds. The van der Waals surface area contributed by atoms with Crippen molar-refractivity contribution in [2.45, 2.75) is 63.6 Å². The lowest BCUT2D eigenvalue weighted by molar-refractivity contribution is -0.141. The molecular weight excluding hydrogens is 569 g/mol. The molecule has 1 atom stereocenters. The summed E-state index contributed by atoms with van der Waals surface area (Å²) < 4.78 is 46.9. The Hall–Kier alpha value is -3.92. The number of nitrogens with zero attached hydrogens (tertiary/aromatic N) is 2. The normalized spacial score (nSPS) is 14.2. The number of hydrogen-bond acceptors (Lipinski definition) is 5. The van der Waals surface area contributed by atoms with E-state index in [1.165, 1.54) is 22.4 Å². The number of para-hydroxylation sites is 2. The van der Waals surface area contributed by atoms with Gasteiger partial charge in [0.05, 0.1) is 19.1 Å². The smallest absolute Gasteiger partial charge is 0.243 e. The molecule has 0 heterocycles. The Morgan fingerprint density at radius 3 is 2.30 bits per heavy atom. The predicted molar refractivity (Wildman–Crippen MR) is 166 cm³/mol. The highest BCUT2D eigenvalue weighted by atomic mass is 32.2. The molecule has 0 spiro atoms. The molecule has 4 rings (SSSR count). The Morgan fingerprint density at radius 1 is 0.977 bits per heavy atom. The van der Waals surface area contributed by atoms with Crippen LogP contribution in [0.25, 0.3) is 0 Å². The topological polar surface area (TPSA) is 96.0 Å². The van der Waals surface area contributed by atoms with Crippen LogP contribution < -0.4 is 14.4 Å². The predicted octanol–water partition coefficient (Wildman–Crippen LogP) is 5.08. The number of benzene rings is 3. The van der Waals surface area contributed by atoms with Crippen LogP contribution in [0.3, 0.4) is 0 Å². The van der Waals surface area contributed by atoms with Gasteiger partial charge in [-0.3, -0.25) is 13.9 Å². The molecule has 1 saturated carbocycles. The van der Waals surface area contributed by atoms with E-state index in [0.29, 0.717) is 17.0 Å². The Bertz CT molecular complexity index is 1480. The van der Waals surface area contributed by atoms with Crippen molar-refractivity contribution in [1.82, 2.24) is 10.2 Å². The van der Waals surface area contributed by atoms with Crippen molar-refractivity contribution in [1.29, 1.82) is 0 Å². The minimum Gasteiger partial charge on any atom is -0.495 e. The average Bonchev–Trinajstić information content (AvgIpc) is 3.51. The zero-order valence-electron chi connectivity index (χ0n) is 24.7. The third-order valence-electron chi connectivity index (χ3n) is 7.78. The van der Waals surface area contributed by atoms with E-state index >= 15 is 0 Å². The Balaban J connectivity index is 1.60. The second kappa shape index (κ2) is 15.0.